The predicted molar refractivity (Wildman–Crippen MR) is 101 cm³/mol. The van der Waals surface area contributed by atoms with Crippen molar-refractivity contribution in [3.63, 3.8) is 0 Å². The lowest BCUT2D eigenvalue weighted by Gasteiger charge is -2.30. The van der Waals surface area contributed by atoms with Gasteiger partial charge in [-0.3, -0.25) is 4.72 Å². The molecule has 1 heterocycles. The van der Waals surface area contributed by atoms with Crippen LogP contribution in [0.15, 0.2) is 35.2 Å². The fourth-order valence-electron chi connectivity index (χ4n) is 3.46. The molecule has 0 amide bonds. The fraction of sp³-hybridized carbons (Fsp3) is 0.368. The molecule has 26 heavy (non-hydrogen) atoms. The second-order valence-electron chi connectivity index (χ2n) is 6.59. The van der Waals surface area contributed by atoms with Crippen LogP contribution in [0, 0.1) is 26.6 Å². The van der Waals surface area contributed by atoms with E-state index in [0.29, 0.717) is 43.1 Å². The summed E-state index contributed by atoms with van der Waals surface area (Å²) in [5.74, 6) is -0.489. The number of rotatable bonds is 4. The number of hydrogen-bond donors (Lipinski definition) is 1. The number of anilines is 2. The normalized spacial score (nSPS) is 15.2. The maximum absolute atomic E-state index is 13.8. The molecule has 1 fully saturated rings. The van der Waals surface area contributed by atoms with Gasteiger partial charge in [0.1, 0.15) is 5.82 Å². The van der Waals surface area contributed by atoms with Crippen molar-refractivity contribution in [1.82, 2.24) is 0 Å². The highest BCUT2D eigenvalue weighted by atomic mass is 32.2. The monoisotopic (exact) mass is 378 g/mol. The summed E-state index contributed by atoms with van der Waals surface area (Å²) < 4.78 is 47.8. The average molecular weight is 378 g/mol. The number of morpholine rings is 1. The third kappa shape index (κ3) is 3.83. The van der Waals surface area contributed by atoms with Crippen molar-refractivity contribution in [2.75, 3.05) is 35.9 Å². The van der Waals surface area contributed by atoms with Crippen molar-refractivity contribution in [3.8, 4) is 0 Å². The minimum absolute atomic E-state index is 0.236. The number of sulfonamides is 1. The van der Waals surface area contributed by atoms with Crippen LogP contribution in [0.3, 0.4) is 0 Å². The van der Waals surface area contributed by atoms with Crippen LogP contribution in [0.5, 0.6) is 0 Å². The van der Waals surface area contributed by atoms with E-state index in [4.69, 9.17) is 4.74 Å². The van der Waals surface area contributed by atoms with Crippen LogP contribution in [-0.2, 0) is 14.8 Å². The molecule has 1 N–H and O–H groups in total. The molecule has 1 aliphatic heterocycles. The number of benzene rings is 2. The van der Waals surface area contributed by atoms with Gasteiger partial charge in [0.2, 0.25) is 0 Å². The van der Waals surface area contributed by atoms with Crippen molar-refractivity contribution >= 4 is 21.4 Å². The first kappa shape index (κ1) is 18.7. The third-order valence-corrected chi connectivity index (χ3v) is 6.10. The van der Waals surface area contributed by atoms with Crippen molar-refractivity contribution in [1.29, 1.82) is 0 Å². The first-order chi connectivity index (χ1) is 12.3. The Bertz CT molecular complexity index is 899. The van der Waals surface area contributed by atoms with Crippen LogP contribution in [0.1, 0.15) is 16.7 Å². The Labute approximate surface area is 153 Å². The Balaban J connectivity index is 2.01. The van der Waals surface area contributed by atoms with E-state index in [1.165, 1.54) is 12.1 Å². The second kappa shape index (κ2) is 7.25. The Morgan fingerprint density at radius 3 is 2.27 bits per heavy atom. The van der Waals surface area contributed by atoms with E-state index in [0.717, 1.165) is 5.56 Å². The van der Waals surface area contributed by atoms with Crippen LogP contribution < -0.4 is 9.62 Å². The highest BCUT2D eigenvalue weighted by Gasteiger charge is 2.23. The number of nitrogens with one attached hydrogen (secondary N) is 1. The predicted octanol–water partition coefficient (Wildman–Crippen LogP) is 3.39. The van der Waals surface area contributed by atoms with E-state index in [2.05, 4.69) is 4.72 Å². The number of aryl methyl sites for hydroxylation is 3. The van der Waals surface area contributed by atoms with E-state index < -0.39 is 15.8 Å². The standard InChI is InChI=1S/C19H23FN2O3S/c1-13-10-14(2)19(15(3)11-13)26(23,24)21-17-12-16(20)4-5-18(17)22-6-8-25-9-7-22/h4-5,10-12,21H,6-9H2,1-3H3. The molecule has 3 rings (SSSR count). The van der Waals surface area contributed by atoms with E-state index >= 15 is 0 Å². The van der Waals surface area contributed by atoms with Crippen LogP contribution in [-0.4, -0.2) is 34.7 Å². The molecule has 140 valence electrons. The molecule has 1 saturated heterocycles. The van der Waals surface area contributed by atoms with Crippen LogP contribution in [0.25, 0.3) is 0 Å². The van der Waals surface area contributed by atoms with E-state index in [1.54, 1.807) is 19.9 Å². The van der Waals surface area contributed by atoms with Crippen molar-refractivity contribution in [3.05, 3.63) is 52.8 Å². The summed E-state index contributed by atoms with van der Waals surface area (Å²) in [5.41, 5.74) is 3.23. The van der Waals surface area contributed by atoms with E-state index in [-0.39, 0.29) is 10.6 Å². The molecule has 1 aliphatic rings. The molecule has 0 bridgehead atoms. The van der Waals surface area contributed by atoms with Gasteiger partial charge in [0.05, 0.1) is 29.5 Å². The van der Waals surface area contributed by atoms with Gasteiger partial charge in [0.15, 0.2) is 0 Å². The van der Waals surface area contributed by atoms with Gasteiger partial charge in [-0.2, -0.15) is 0 Å². The fourth-order valence-corrected chi connectivity index (χ4v) is 4.98. The van der Waals surface area contributed by atoms with Gasteiger partial charge in [-0.15, -0.1) is 0 Å². The van der Waals surface area contributed by atoms with E-state index in [9.17, 15) is 12.8 Å². The average Bonchev–Trinajstić information content (AvgIpc) is 2.54. The molecule has 2 aromatic rings. The zero-order chi connectivity index (χ0) is 18.9. The molecule has 7 heteroatoms. The van der Waals surface area contributed by atoms with Crippen LogP contribution >= 0.6 is 0 Å². The molecule has 5 nitrogen and oxygen atoms in total. The lowest BCUT2D eigenvalue weighted by Crippen LogP contribution is -2.36. The van der Waals surface area contributed by atoms with Crippen LogP contribution in [0.2, 0.25) is 0 Å². The topological polar surface area (TPSA) is 58.6 Å². The summed E-state index contributed by atoms with van der Waals surface area (Å²) in [7, 11) is -3.84. The van der Waals surface area contributed by atoms with Gasteiger partial charge in [0.25, 0.3) is 10.0 Å². The minimum Gasteiger partial charge on any atom is -0.378 e. The highest BCUT2D eigenvalue weighted by molar-refractivity contribution is 7.92. The first-order valence-electron chi connectivity index (χ1n) is 8.51. The van der Waals surface area contributed by atoms with Gasteiger partial charge < -0.3 is 9.64 Å². The Kier molecular flexibility index (Phi) is 5.20. The Hall–Kier alpha value is -2.12. The smallest absolute Gasteiger partial charge is 0.262 e. The molecule has 0 atom stereocenters. The van der Waals surface area contributed by atoms with Gasteiger partial charge in [-0.05, 0) is 44.0 Å². The number of nitrogens with zero attached hydrogens (tertiary/aromatic N) is 1. The van der Waals surface area contributed by atoms with Gasteiger partial charge in [-0.1, -0.05) is 17.7 Å². The van der Waals surface area contributed by atoms with Crippen molar-refractivity contribution in [2.24, 2.45) is 0 Å². The van der Waals surface area contributed by atoms with Gasteiger partial charge >= 0.3 is 0 Å². The quantitative estimate of drug-likeness (QED) is 0.886. The van der Waals surface area contributed by atoms with E-state index in [1.807, 2.05) is 24.0 Å². The maximum atomic E-state index is 13.8. The SMILES string of the molecule is Cc1cc(C)c(S(=O)(=O)Nc2cc(F)ccc2N2CCOCC2)c(C)c1. The van der Waals surface area contributed by atoms with Crippen LogP contribution in [0.4, 0.5) is 15.8 Å². The minimum atomic E-state index is -3.84. The largest absolute Gasteiger partial charge is 0.378 e. The highest BCUT2D eigenvalue weighted by Crippen LogP contribution is 2.31. The molecule has 0 unspecified atom stereocenters. The van der Waals surface area contributed by atoms with Crippen molar-refractivity contribution < 1.29 is 17.5 Å². The summed E-state index contributed by atoms with van der Waals surface area (Å²) in [6, 6.07) is 7.82. The van der Waals surface area contributed by atoms with Gasteiger partial charge in [0, 0.05) is 19.2 Å². The number of ether oxygens (including phenoxy) is 1. The Morgan fingerprint density at radius 1 is 1.04 bits per heavy atom. The molecule has 0 radical (unpaired) electrons. The lowest BCUT2D eigenvalue weighted by atomic mass is 10.1. The number of halogens is 1. The second-order valence-corrected chi connectivity index (χ2v) is 8.21. The molecule has 0 aromatic heterocycles. The summed E-state index contributed by atoms with van der Waals surface area (Å²) in [5, 5.41) is 0. The molecule has 0 saturated carbocycles. The summed E-state index contributed by atoms with van der Waals surface area (Å²) in [4.78, 5) is 2.23. The third-order valence-electron chi connectivity index (χ3n) is 4.43. The number of hydrogen-bond acceptors (Lipinski definition) is 4. The summed E-state index contributed by atoms with van der Waals surface area (Å²) in [6.07, 6.45) is 0. The molecular weight excluding hydrogens is 355 g/mol. The lowest BCUT2D eigenvalue weighted by molar-refractivity contribution is 0.123. The summed E-state index contributed by atoms with van der Waals surface area (Å²) in [6.45, 7) is 7.82. The molecule has 0 spiro atoms. The Morgan fingerprint density at radius 2 is 1.65 bits per heavy atom. The van der Waals surface area contributed by atoms with Crippen molar-refractivity contribution in [2.45, 2.75) is 25.7 Å². The molecule has 2 aromatic carbocycles. The summed E-state index contributed by atoms with van der Waals surface area (Å²) >= 11 is 0. The zero-order valence-electron chi connectivity index (χ0n) is 15.2. The maximum Gasteiger partial charge on any atom is 0.262 e. The first-order valence-corrected chi connectivity index (χ1v) is 9.99. The zero-order valence-corrected chi connectivity index (χ0v) is 16.0. The molecule has 0 aliphatic carbocycles. The van der Waals surface area contributed by atoms with Gasteiger partial charge in [-0.25, -0.2) is 12.8 Å². The molecular formula is C19H23FN2O3S.